The number of carbonyl (C=O) groups is 2. The minimum atomic E-state index is -0.597. The van der Waals surface area contributed by atoms with E-state index < -0.39 is 11.9 Å². The Labute approximate surface area is 208 Å². The van der Waals surface area contributed by atoms with Crippen LogP contribution in [0.15, 0.2) is 80.9 Å². The summed E-state index contributed by atoms with van der Waals surface area (Å²) in [6.07, 6.45) is 1.12. The number of carbonyl (C=O) groups excluding carboxylic acids is 2. The topological polar surface area (TPSA) is 77.8 Å². The number of benzene rings is 1. The highest BCUT2D eigenvalue weighted by Gasteiger charge is 2.43. The van der Waals surface area contributed by atoms with Gasteiger partial charge in [0.15, 0.2) is 5.78 Å². The molecular formula is C28H27NO5S. The predicted molar refractivity (Wildman–Crippen MR) is 133 cm³/mol. The summed E-state index contributed by atoms with van der Waals surface area (Å²) in [7, 11) is 1.61. The molecule has 35 heavy (non-hydrogen) atoms. The van der Waals surface area contributed by atoms with Gasteiger partial charge in [-0.15, -0.1) is 11.3 Å². The number of Topliss-reactive ketones (excluding diaryl/α,β-unsaturated/α-hetero) is 1. The molecule has 0 radical (unpaired) electrons. The summed E-state index contributed by atoms with van der Waals surface area (Å²) in [5.41, 5.74) is 3.41. The zero-order valence-electron chi connectivity index (χ0n) is 19.9. The molecular weight excluding hydrogens is 462 g/mol. The number of aryl methyl sites for hydroxylation is 1. The molecule has 0 saturated heterocycles. The van der Waals surface area contributed by atoms with Crippen LogP contribution in [-0.4, -0.2) is 18.9 Å². The number of nitrogens with one attached hydrogen (secondary N) is 1. The van der Waals surface area contributed by atoms with E-state index in [1.165, 1.54) is 4.88 Å². The third-order valence-electron chi connectivity index (χ3n) is 6.57. The molecule has 7 heteroatoms. The standard InChI is InChI=1S/C28H27NO5S/c1-16-6-11-23(34-16)27-25(28(31)33-15-18-7-9-20(32-3)10-8-18)17(2)29-21-13-19(14-22(30)26(21)27)24-5-4-12-35-24/h4-12,19,27,29H,13-15H2,1-3H3. The SMILES string of the molecule is COc1ccc(COC(=O)C2=C(C)NC3=C(C(=O)CC(c4cccs4)C3)C2c2ccc(C)o2)cc1. The Balaban J connectivity index is 1.46. The Kier molecular flexibility index (Phi) is 6.34. The van der Waals surface area contributed by atoms with E-state index in [1.807, 2.05) is 61.7 Å². The molecule has 2 unspecified atom stereocenters. The molecule has 0 bridgehead atoms. The Bertz CT molecular complexity index is 1310. The van der Waals surface area contributed by atoms with Crippen LogP contribution in [0.4, 0.5) is 0 Å². The molecule has 2 aliphatic rings. The zero-order valence-corrected chi connectivity index (χ0v) is 20.7. The summed E-state index contributed by atoms with van der Waals surface area (Å²) in [6.45, 7) is 3.83. The molecule has 0 saturated carbocycles. The lowest BCUT2D eigenvalue weighted by Gasteiger charge is -2.35. The van der Waals surface area contributed by atoms with Crippen LogP contribution >= 0.6 is 11.3 Å². The molecule has 0 fully saturated rings. The van der Waals surface area contributed by atoms with Crippen LogP contribution in [0.3, 0.4) is 0 Å². The van der Waals surface area contributed by atoms with Gasteiger partial charge in [0.25, 0.3) is 0 Å². The van der Waals surface area contributed by atoms with Gasteiger partial charge >= 0.3 is 5.97 Å². The van der Waals surface area contributed by atoms with Crippen LogP contribution < -0.4 is 10.1 Å². The molecule has 5 rings (SSSR count). The smallest absolute Gasteiger partial charge is 0.337 e. The van der Waals surface area contributed by atoms with Crippen molar-refractivity contribution in [2.75, 3.05) is 7.11 Å². The van der Waals surface area contributed by atoms with Gasteiger partial charge in [-0.1, -0.05) is 18.2 Å². The van der Waals surface area contributed by atoms with Crippen molar-refractivity contribution in [2.45, 2.75) is 45.1 Å². The van der Waals surface area contributed by atoms with Crippen molar-refractivity contribution in [3.8, 4) is 5.75 Å². The molecule has 1 N–H and O–H groups in total. The van der Waals surface area contributed by atoms with Gasteiger partial charge in [0.1, 0.15) is 23.9 Å². The first-order chi connectivity index (χ1) is 16.9. The molecule has 2 aromatic heterocycles. The first kappa shape index (κ1) is 23.2. The highest BCUT2D eigenvalue weighted by molar-refractivity contribution is 7.10. The number of ketones is 1. The van der Waals surface area contributed by atoms with Gasteiger partial charge in [-0.25, -0.2) is 4.79 Å². The lowest BCUT2D eigenvalue weighted by atomic mass is 9.74. The second-order valence-electron chi connectivity index (χ2n) is 8.91. The summed E-state index contributed by atoms with van der Waals surface area (Å²) in [6, 6.07) is 15.2. The predicted octanol–water partition coefficient (Wildman–Crippen LogP) is 5.76. The lowest BCUT2D eigenvalue weighted by Crippen LogP contribution is -2.35. The van der Waals surface area contributed by atoms with E-state index in [-0.39, 0.29) is 18.3 Å². The fourth-order valence-electron chi connectivity index (χ4n) is 4.88. The molecule has 0 spiro atoms. The first-order valence-electron chi connectivity index (χ1n) is 11.6. The monoisotopic (exact) mass is 489 g/mol. The minimum absolute atomic E-state index is 0.0316. The maximum atomic E-state index is 13.5. The van der Waals surface area contributed by atoms with Gasteiger partial charge in [0, 0.05) is 34.2 Å². The number of thiophene rings is 1. The summed E-state index contributed by atoms with van der Waals surface area (Å²) < 4.78 is 16.9. The van der Waals surface area contributed by atoms with Crippen molar-refractivity contribution in [3.63, 3.8) is 0 Å². The van der Waals surface area contributed by atoms with E-state index >= 15 is 0 Å². The van der Waals surface area contributed by atoms with E-state index in [1.54, 1.807) is 18.4 Å². The number of rotatable bonds is 6. The average Bonchev–Trinajstić information content (AvgIpc) is 3.54. The van der Waals surface area contributed by atoms with Gasteiger partial charge in [0.2, 0.25) is 0 Å². The second-order valence-corrected chi connectivity index (χ2v) is 9.88. The Morgan fingerprint density at radius 3 is 2.57 bits per heavy atom. The molecule has 180 valence electrons. The largest absolute Gasteiger partial charge is 0.497 e. The third kappa shape index (κ3) is 4.56. The van der Waals surface area contributed by atoms with Crippen LogP contribution in [0.5, 0.6) is 5.75 Å². The second kappa shape index (κ2) is 9.58. The maximum Gasteiger partial charge on any atom is 0.337 e. The van der Waals surface area contributed by atoms with E-state index in [2.05, 4.69) is 11.4 Å². The number of allylic oxidation sites excluding steroid dienone is 3. The van der Waals surface area contributed by atoms with Crippen molar-refractivity contribution in [1.29, 1.82) is 0 Å². The molecule has 1 aromatic carbocycles. The number of dihydropyridines is 1. The number of ether oxygens (including phenoxy) is 2. The third-order valence-corrected chi connectivity index (χ3v) is 7.60. The quantitative estimate of drug-likeness (QED) is 0.444. The molecule has 3 aromatic rings. The van der Waals surface area contributed by atoms with Crippen molar-refractivity contribution in [2.24, 2.45) is 0 Å². The van der Waals surface area contributed by atoms with Gasteiger partial charge in [-0.2, -0.15) is 0 Å². The van der Waals surface area contributed by atoms with Gasteiger partial charge in [-0.05, 0) is 61.5 Å². The van der Waals surface area contributed by atoms with Crippen LogP contribution in [0.25, 0.3) is 0 Å². The lowest BCUT2D eigenvalue weighted by molar-refractivity contribution is -0.140. The summed E-state index contributed by atoms with van der Waals surface area (Å²) in [5, 5.41) is 5.41. The van der Waals surface area contributed by atoms with Crippen molar-refractivity contribution >= 4 is 23.1 Å². The number of hydrogen-bond acceptors (Lipinski definition) is 7. The van der Waals surface area contributed by atoms with Crippen LogP contribution in [0.1, 0.15) is 53.6 Å². The number of esters is 1. The van der Waals surface area contributed by atoms with Crippen LogP contribution in [0.2, 0.25) is 0 Å². The average molecular weight is 490 g/mol. The van der Waals surface area contributed by atoms with Crippen LogP contribution in [-0.2, 0) is 20.9 Å². The molecule has 1 aliphatic carbocycles. The summed E-state index contributed by atoms with van der Waals surface area (Å²) >= 11 is 1.67. The Morgan fingerprint density at radius 1 is 1.11 bits per heavy atom. The normalized spacial score (nSPS) is 19.9. The fourth-order valence-corrected chi connectivity index (χ4v) is 5.71. The number of methoxy groups -OCH3 is 1. The highest BCUT2D eigenvalue weighted by atomic mass is 32.1. The first-order valence-corrected chi connectivity index (χ1v) is 12.5. The van der Waals surface area contributed by atoms with Crippen LogP contribution in [0, 0.1) is 6.92 Å². The fraction of sp³-hybridized carbons (Fsp3) is 0.286. The number of hydrogen-bond donors (Lipinski definition) is 1. The van der Waals surface area contributed by atoms with Gasteiger partial charge in [0.05, 0.1) is 18.6 Å². The molecule has 2 atom stereocenters. The number of furan rings is 1. The zero-order chi connectivity index (χ0) is 24.5. The summed E-state index contributed by atoms with van der Waals surface area (Å²) in [4.78, 5) is 28.1. The van der Waals surface area contributed by atoms with Crippen molar-refractivity contribution < 1.29 is 23.5 Å². The molecule has 6 nitrogen and oxygen atoms in total. The van der Waals surface area contributed by atoms with E-state index in [0.717, 1.165) is 22.8 Å². The molecule has 3 heterocycles. The molecule has 0 amide bonds. The van der Waals surface area contributed by atoms with E-state index in [0.29, 0.717) is 35.4 Å². The van der Waals surface area contributed by atoms with Gasteiger partial charge < -0.3 is 19.2 Å². The Hall–Kier alpha value is -3.58. The van der Waals surface area contributed by atoms with Crippen molar-refractivity contribution in [1.82, 2.24) is 5.32 Å². The van der Waals surface area contributed by atoms with E-state index in [9.17, 15) is 9.59 Å². The summed E-state index contributed by atoms with van der Waals surface area (Å²) in [5.74, 6) is 1.14. The van der Waals surface area contributed by atoms with Gasteiger partial charge in [-0.3, -0.25) is 4.79 Å². The highest BCUT2D eigenvalue weighted by Crippen LogP contribution is 2.46. The minimum Gasteiger partial charge on any atom is -0.497 e. The van der Waals surface area contributed by atoms with E-state index in [4.69, 9.17) is 13.9 Å². The Morgan fingerprint density at radius 2 is 1.91 bits per heavy atom. The molecule has 1 aliphatic heterocycles. The maximum absolute atomic E-state index is 13.5. The van der Waals surface area contributed by atoms with Crippen molar-refractivity contribution in [3.05, 3.63) is 98.4 Å².